The predicted molar refractivity (Wildman–Crippen MR) is 39.8 cm³/mol. The number of nitrogens with zero attached hydrogens (tertiary/aromatic N) is 1. The van der Waals surface area contributed by atoms with Crippen molar-refractivity contribution in [2.24, 2.45) is 0 Å². The van der Waals surface area contributed by atoms with Crippen LogP contribution in [0.1, 0.15) is 5.69 Å². The fourth-order valence-corrected chi connectivity index (χ4v) is 0.715. The summed E-state index contributed by atoms with van der Waals surface area (Å²) < 4.78 is 4.57. The topological polar surface area (TPSA) is 62.6 Å². The molecule has 0 aliphatic rings. The van der Waals surface area contributed by atoms with E-state index in [1.165, 1.54) is 6.20 Å². The van der Waals surface area contributed by atoms with Crippen LogP contribution in [-0.4, -0.2) is 22.4 Å². The molecule has 0 unspecified atom stereocenters. The number of rotatable bonds is 2. The van der Waals surface area contributed by atoms with Crippen molar-refractivity contribution in [3.05, 3.63) is 24.0 Å². The van der Waals surface area contributed by atoms with Gasteiger partial charge in [0, 0.05) is 11.9 Å². The van der Waals surface area contributed by atoms with Crippen molar-refractivity contribution in [1.82, 2.24) is 4.98 Å². The van der Waals surface area contributed by atoms with Gasteiger partial charge in [-0.25, -0.2) is 0 Å². The first-order valence-electron chi connectivity index (χ1n) is 3.14. The number of pyridine rings is 1. The van der Waals surface area contributed by atoms with E-state index in [0.717, 1.165) is 5.69 Å². The van der Waals surface area contributed by atoms with Crippen LogP contribution in [0.5, 0.6) is 5.75 Å². The summed E-state index contributed by atoms with van der Waals surface area (Å²) in [5.74, 6) is 0.396. The Kier molecular flexibility index (Phi) is 2.46. The van der Waals surface area contributed by atoms with E-state index in [1.54, 1.807) is 19.1 Å². The van der Waals surface area contributed by atoms with E-state index in [2.05, 4.69) is 9.64 Å². The summed E-state index contributed by atoms with van der Waals surface area (Å²) in [6, 6.07) is 3.16. The lowest BCUT2D eigenvalue weighted by molar-refractivity contribution is 0.288. The molecule has 0 aromatic carbocycles. The zero-order valence-electron chi connectivity index (χ0n) is 6.06. The molecule has 1 rings (SSSR count). The molecular formula is C6H8BNO3. The maximum atomic E-state index is 8.41. The van der Waals surface area contributed by atoms with Gasteiger partial charge in [0.1, 0.15) is 5.75 Å². The van der Waals surface area contributed by atoms with Crippen molar-refractivity contribution < 1.29 is 14.7 Å². The largest absolute Gasteiger partial charge is 0.707 e. The molecule has 0 fully saturated rings. The van der Waals surface area contributed by atoms with Crippen LogP contribution in [0.25, 0.3) is 0 Å². The monoisotopic (exact) mass is 153 g/mol. The third kappa shape index (κ3) is 2.57. The second-order valence-corrected chi connectivity index (χ2v) is 2.08. The molecule has 5 heteroatoms. The molecule has 4 nitrogen and oxygen atoms in total. The molecule has 0 saturated carbocycles. The smallest absolute Gasteiger partial charge is 0.512 e. The van der Waals surface area contributed by atoms with Gasteiger partial charge in [0.25, 0.3) is 0 Å². The molecule has 11 heavy (non-hydrogen) atoms. The van der Waals surface area contributed by atoms with E-state index in [-0.39, 0.29) is 0 Å². The van der Waals surface area contributed by atoms with Crippen molar-refractivity contribution in [2.75, 3.05) is 0 Å². The van der Waals surface area contributed by atoms with E-state index < -0.39 is 7.32 Å². The minimum absolute atomic E-state index is 0.396. The zero-order chi connectivity index (χ0) is 8.27. The third-order valence-electron chi connectivity index (χ3n) is 1.11. The SMILES string of the molecule is Cc1cc(OB(O)O)ccn1. The molecule has 0 aliphatic heterocycles. The van der Waals surface area contributed by atoms with Gasteiger partial charge in [-0.3, -0.25) is 4.98 Å². The first kappa shape index (κ1) is 8.04. The Morgan fingerprint density at radius 2 is 2.27 bits per heavy atom. The van der Waals surface area contributed by atoms with Crippen LogP contribution in [0, 0.1) is 6.92 Å². The maximum absolute atomic E-state index is 8.41. The highest BCUT2D eigenvalue weighted by Crippen LogP contribution is 2.09. The van der Waals surface area contributed by atoms with Gasteiger partial charge in [0.05, 0.1) is 0 Å². The van der Waals surface area contributed by atoms with Crippen LogP contribution in [-0.2, 0) is 0 Å². The lowest BCUT2D eigenvalue weighted by atomic mass is 10.2. The molecule has 0 spiro atoms. The van der Waals surface area contributed by atoms with Crippen molar-refractivity contribution in [3.63, 3.8) is 0 Å². The lowest BCUT2D eigenvalue weighted by Gasteiger charge is -2.03. The average molecular weight is 153 g/mol. The highest BCUT2D eigenvalue weighted by molar-refractivity contribution is 6.33. The molecule has 0 saturated heterocycles. The van der Waals surface area contributed by atoms with Crippen molar-refractivity contribution in [2.45, 2.75) is 6.92 Å². The Morgan fingerprint density at radius 1 is 1.55 bits per heavy atom. The van der Waals surface area contributed by atoms with Gasteiger partial charge in [-0.05, 0) is 19.1 Å². The third-order valence-corrected chi connectivity index (χ3v) is 1.11. The number of aromatic nitrogens is 1. The molecule has 1 heterocycles. The number of aryl methyl sites for hydroxylation is 1. The summed E-state index contributed by atoms with van der Waals surface area (Å²) in [5, 5.41) is 16.8. The Labute approximate surface area is 64.6 Å². The molecule has 0 radical (unpaired) electrons. The quantitative estimate of drug-likeness (QED) is 0.574. The van der Waals surface area contributed by atoms with Gasteiger partial charge in [-0.2, -0.15) is 0 Å². The number of hydrogen-bond donors (Lipinski definition) is 2. The first-order chi connectivity index (χ1) is 5.18. The van der Waals surface area contributed by atoms with Crippen molar-refractivity contribution >= 4 is 7.32 Å². The Hall–Kier alpha value is -1.07. The van der Waals surface area contributed by atoms with E-state index in [0.29, 0.717) is 5.75 Å². The summed E-state index contributed by atoms with van der Waals surface area (Å²) in [5.41, 5.74) is 0.767. The van der Waals surface area contributed by atoms with Gasteiger partial charge >= 0.3 is 7.32 Å². The van der Waals surface area contributed by atoms with E-state index in [4.69, 9.17) is 10.0 Å². The minimum Gasteiger partial charge on any atom is -0.512 e. The lowest BCUT2D eigenvalue weighted by Crippen LogP contribution is -2.20. The molecular weight excluding hydrogens is 145 g/mol. The molecule has 58 valence electrons. The molecule has 0 aliphatic carbocycles. The standard InChI is InChI=1S/C6H8BNO3/c1-5-4-6(2-3-8-5)11-7(9)10/h2-4,9-10H,1H3. The second-order valence-electron chi connectivity index (χ2n) is 2.08. The highest BCUT2D eigenvalue weighted by Gasteiger charge is 2.10. The number of hydrogen-bond acceptors (Lipinski definition) is 4. The summed E-state index contributed by atoms with van der Waals surface area (Å²) >= 11 is 0. The minimum atomic E-state index is -1.77. The normalized spacial score (nSPS) is 9.36. The highest BCUT2D eigenvalue weighted by atomic mass is 16.6. The van der Waals surface area contributed by atoms with Gasteiger partial charge in [0.15, 0.2) is 0 Å². The van der Waals surface area contributed by atoms with Gasteiger partial charge in [-0.15, -0.1) is 0 Å². The predicted octanol–water partition coefficient (Wildman–Crippen LogP) is -0.262. The summed E-state index contributed by atoms with van der Waals surface area (Å²) in [6.07, 6.45) is 1.53. The van der Waals surface area contributed by atoms with E-state index >= 15 is 0 Å². The Balaban J connectivity index is 2.71. The Bertz CT molecular complexity index is 241. The molecule has 0 bridgehead atoms. The molecule has 2 N–H and O–H groups in total. The van der Waals surface area contributed by atoms with Crippen LogP contribution in [0.2, 0.25) is 0 Å². The molecule has 1 aromatic heterocycles. The van der Waals surface area contributed by atoms with Crippen LogP contribution >= 0.6 is 0 Å². The van der Waals surface area contributed by atoms with Gasteiger partial charge in [-0.1, -0.05) is 0 Å². The van der Waals surface area contributed by atoms with Crippen molar-refractivity contribution in [1.29, 1.82) is 0 Å². The fourth-order valence-electron chi connectivity index (χ4n) is 0.715. The van der Waals surface area contributed by atoms with Crippen LogP contribution in [0.3, 0.4) is 0 Å². The molecule has 0 amide bonds. The fraction of sp³-hybridized carbons (Fsp3) is 0.167. The summed E-state index contributed by atoms with van der Waals surface area (Å²) in [6.45, 7) is 1.79. The van der Waals surface area contributed by atoms with Gasteiger partial charge < -0.3 is 14.7 Å². The summed E-state index contributed by atoms with van der Waals surface area (Å²) in [4.78, 5) is 3.90. The molecule has 1 aromatic rings. The Morgan fingerprint density at radius 3 is 2.82 bits per heavy atom. The van der Waals surface area contributed by atoms with Crippen molar-refractivity contribution in [3.8, 4) is 5.75 Å². The maximum Gasteiger partial charge on any atom is 0.707 e. The molecule has 0 atom stereocenters. The zero-order valence-corrected chi connectivity index (χ0v) is 6.06. The van der Waals surface area contributed by atoms with E-state index in [1.807, 2.05) is 0 Å². The van der Waals surface area contributed by atoms with Gasteiger partial charge in [0.2, 0.25) is 0 Å². The van der Waals surface area contributed by atoms with Crippen LogP contribution in [0.15, 0.2) is 18.3 Å². The second kappa shape index (κ2) is 3.36. The van der Waals surface area contributed by atoms with Crippen LogP contribution in [0.4, 0.5) is 0 Å². The first-order valence-corrected chi connectivity index (χ1v) is 3.14. The summed E-state index contributed by atoms with van der Waals surface area (Å²) in [7, 11) is -1.77. The average Bonchev–Trinajstić information content (AvgIpc) is 1.85. The van der Waals surface area contributed by atoms with Crippen LogP contribution < -0.4 is 4.65 Å². The van der Waals surface area contributed by atoms with E-state index in [9.17, 15) is 0 Å².